The molecule has 0 saturated heterocycles. The molecule has 0 saturated carbocycles. The molecule has 0 amide bonds. The number of unbranched alkanes of at least 4 members (excludes halogenated alkanes) is 2. The summed E-state index contributed by atoms with van der Waals surface area (Å²) >= 11 is 0. The number of pyridine rings is 1. The highest BCUT2D eigenvalue weighted by Crippen LogP contribution is 2.22. The zero-order chi connectivity index (χ0) is 14.3. The Morgan fingerprint density at radius 3 is 2.68 bits per heavy atom. The Labute approximate surface area is 116 Å². The highest BCUT2D eigenvalue weighted by atomic mass is 19.1. The van der Waals surface area contributed by atoms with Crippen LogP contribution in [-0.2, 0) is 6.54 Å². The number of nitrogens with one attached hydrogen (secondary N) is 1. The lowest BCUT2D eigenvalue weighted by Crippen LogP contribution is -2.33. The number of hydrogen-bond donors (Lipinski definition) is 1. The van der Waals surface area contributed by atoms with Gasteiger partial charge in [-0.05, 0) is 33.4 Å². The zero-order valence-corrected chi connectivity index (χ0v) is 12.5. The van der Waals surface area contributed by atoms with Crippen LogP contribution in [0.4, 0.5) is 10.2 Å². The predicted octanol–water partition coefficient (Wildman–Crippen LogP) is 3.35. The van der Waals surface area contributed by atoms with E-state index in [0.29, 0.717) is 17.9 Å². The number of rotatable bonds is 8. The zero-order valence-electron chi connectivity index (χ0n) is 12.5. The maximum Gasteiger partial charge on any atom is 0.170 e. The van der Waals surface area contributed by atoms with Gasteiger partial charge in [0.25, 0.3) is 0 Å². The first kappa shape index (κ1) is 15.9. The largest absolute Gasteiger partial charge is 0.352 e. The first-order valence-electron chi connectivity index (χ1n) is 7.16. The van der Waals surface area contributed by atoms with Gasteiger partial charge in [-0.25, -0.2) is 9.37 Å². The van der Waals surface area contributed by atoms with Crippen LogP contribution in [0.1, 0.15) is 45.6 Å². The van der Waals surface area contributed by atoms with Crippen LogP contribution in [0.5, 0.6) is 0 Å². The summed E-state index contributed by atoms with van der Waals surface area (Å²) in [7, 11) is 1.82. The van der Waals surface area contributed by atoms with E-state index in [0.717, 1.165) is 13.0 Å². The standard InChI is InChI=1S/C15H26FN3/c1-5-6-7-10-19(12(2)3)15-14(16)13(11-17-4)8-9-18-15/h8-9,12,17H,5-7,10-11H2,1-4H3. The second kappa shape index (κ2) is 8.10. The number of anilines is 1. The molecule has 1 rings (SSSR count). The van der Waals surface area contributed by atoms with Crippen molar-refractivity contribution in [2.75, 3.05) is 18.5 Å². The molecule has 0 spiro atoms. The Bertz CT molecular complexity index is 380. The summed E-state index contributed by atoms with van der Waals surface area (Å²) in [6.07, 6.45) is 5.11. The van der Waals surface area contributed by atoms with Crippen molar-refractivity contribution in [2.24, 2.45) is 0 Å². The van der Waals surface area contributed by atoms with Gasteiger partial charge in [-0.15, -0.1) is 0 Å². The van der Waals surface area contributed by atoms with Crippen molar-refractivity contribution < 1.29 is 4.39 Å². The van der Waals surface area contributed by atoms with Crippen LogP contribution in [0.15, 0.2) is 12.3 Å². The summed E-state index contributed by atoms with van der Waals surface area (Å²) in [4.78, 5) is 6.30. The normalized spacial score (nSPS) is 11.1. The summed E-state index contributed by atoms with van der Waals surface area (Å²) in [6.45, 7) is 7.72. The molecule has 0 fully saturated rings. The van der Waals surface area contributed by atoms with Gasteiger partial charge < -0.3 is 10.2 Å². The minimum absolute atomic E-state index is 0.193. The maximum absolute atomic E-state index is 14.4. The third-order valence-electron chi connectivity index (χ3n) is 3.22. The Morgan fingerprint density at radius 1 is 1.37 bits per heavy atom. The second-order valence-electron chi connectivity index (χ2n) is 5.13. The van der Waals surface area contributed by atoms with E-state index in [1.165, 1.54) is 12.8 Å². The van der Waals surface area contributed by atoms with Crippen LogP contribution in [0.25, 0.3) is 0 Å². The molecule has 0 bridgehead atoms. The monoisotopic (exact) mass is 267 g/mol. The molecular weight excluding hydrogens is 241 g/mol. The van der Waals surface area contributed by atoms with Crippen molar-refractivity contribution in [3.8, 4) is 0 Å². The van der Waals surface area contributed by atoms with Crippen molar-refractivity contribution in [3.63, 3.8) is 0 Å². The molecule has 1 aromatic heterocycles. The van der Waals surface area contributed by atoms with Crippen molar-refractivity contribution in [2.45, 2.75) is 52.6 Å². The molecule has 0 unspecified atom stereocenters. The molecule has 0 radical (unpaired) electrons. The van der Waals surface area contributed by atoms with E-state index >= 15 is 0 Å². The minimum atomic E-state index is -0.193. The predicted molar refractivity (Wildman–Crippen MR) is 79.0 cm³/mol. The lowest BCUT2D eigenvalue weighted by Gasteiger charge is -2.28. The van der Waals surface area contributed by atoms with E-state index in [-0.39, 0.29) is 11.9 Å². The Balaban J connectivity index is 2.92. The third-order valence-corrected chi connectivity index (χ3v) is 3.22. The van der Waals surface area contributed by atoms with Crippen LogP contribution < -0.4 is 10.2 Å². The van der Waals surface area contributed by atoms with Crippen LogP contribution in [0, 0.1) is 5.82 Å². The van der Waals surface area contributed by atoms with E-state index in [1.54, 1.807) is 12.3 Å². The van der Waals surface area contributed by atoms with Crippen LogP contribution in [0.2, 0.25) is 0 Å². The Morgan fingerprint density at radius 2 is 2.11 bits per heavy atom. The smallest absolute Gasteiger partial charge is 0.170 e. The summed E-state index contributed by atoms with van der Waals surface area (Å²) in [6, 6.07) is 1.99. The van der Waals surface area contributed by atoms with Crippen molar-refractivity contribution >= 4 is 5.82 Å². The van der Waals surface area contributed by atoms with E-state index in [4.69, 9.17) is 0 Å². The molecule has 0 aromatic carbocycles. The number of hydrogen-bond acceptors (Lipinski definition) is 3. The summed E-state index contributed by atoms with van der Waals surface area (Å²) in [5, 5.41) is 2.99. The molecule has 4 heteroatoms. The SMILES string of the molecule is CCCCCN(c1nccc(CNC)c1F)C(C)C. The molecule has 0 aliphatic carbocycles. The summed E-state index contributed by atoms with van der Waals surface area (Å²) in [5.74, 6) is 0.293. The fraction of sp³-hybridized carbons (Fsp3) is 0.667. The average Bonchev–Trinajstić information content (AvgIpc) is 2.38. The highest BCUT2D eigenvalue weighted by molar-refractivity contribution is 5.43. The van der Waals surface area contributed by atoms with Gasteiger partial charge in [-0.3, -0.25) is 0 Å². The van der Waals surface area contributed by atoms with Gasteiger partial charge in [0.05, 0.1) is 0 Å². The second-order valence-corrected chi connectivity index (χ2v) is 5.13. The number of halogens is 1. The molecule has 108 valence electrons. The summed E-state index contributed by atoms with van der Waals surface area (Å²) in [5.41, 5.74) is 0.675. The number of aromatic nitrogens is 1. The van der Waals surface area contributed by atoms with Gasteiger partial charge in [-0.2, -0.15) is 0 Å². The van der Waals surface area contributed by atoms with Gasteiger partial charge in [0.15, 0.2) is 11.6 Å². The Hall–Kier alpha value is -1.16. The average molecular weight is 267 g/mol. The fourth-order valence-corrected chi connectivity index (χ4v) is 2.14. The topological polar surface area (TPSA) is 28.2 Å². The highest BCUT2D eigenvalue weighted by Gasteiger charge is 2.18. The van der Waals surface area contributed by atoms with Gasteiger partial charge in [0.2, 0.25) is 0 Å². The molecule has 1 heterocycles. The van der Waals surface area contributed by atoms with Gasteiger partial charge in [-0.1, -0.05) is 19.8 Å². The minimum Gasteiger partial charge on any atom is -0.352 e. The van der Waals surface area contributed by atoms with Crippen molar-refractivity contribution in [3.05, 3.63) is 23.6 Å². The lowest BCUT2D eigenvalue weighted by molar-refractivity contribution is 0.560. The third kappa shape index (κ3) is 4.46. The molecule has 0 atom stereocenters. The fourth-order valence-electron chi connectivity index (χ4n) is 2.14. The van der Waals surface area contributed by atoms with E-state index in [9.17, 15) is 4.39 Å². The van der Waals surface area contributed by atoms with Gasteiger partial charge in [0.1, 0.15) is 0 Å². The van der Waals surface area contributed by atoms with Gasteiger partial charge >= 0.3 is 0 Å². The molecule has 0 aliphatic heterocycles. The first-order chi connectivity index (χ1) is 9.11. The van der Waals surface area contributed by atoms with Gasteiger partial charge in [0, 0.05) is 30.9 Å². The first-order valence-corrected chi connectivity index (χ1v) is 7.16. The van der Waals surface area contributed by atoms with Crippen molar-refractivity contribution in [1.29, 1.82) is 0 Å². The number of nitrogens with zero attached hydrogens (tertiary/aromatic N) is 2. The van der Waals surface area contributed by atoms with Crippen molar-refractivity contribution in [1.82, 2.24) is 10.3 Å². The Kier molecular flexibility index (Phi) is 6.78. The molecule has 1 N–H and O–H groups in total. The quantitative estimate of drug-likeness (QED) is 0.732. The van der Waals surface area contributed by atoms with E-state index in [2.05, 4.69) is 36.0 Å². The lowest BCUT2D eigenvalue weighted by atomic mass is 10.2. The van der Waals surface area contributed by atoms with E-state index in [1.807, 2.05) is 7.05 Å². The molecule has 3 nitrogen and oxygen atoms in total. The maximum atomic E-state index is 14.4. The van der Waals surface area contributed by atoms with E-state index < -0.39 is 0 Å². The summed E-state index contributed by atoms with van der Waals surface area (Å²) < 4.78 is 14.4. The molecule has 19 heavy (non-hydrogen) atoms. The van der Waals surface area contributed by atoms with Crippen LogP contribution >= 0.6 is 0 Å². The molecular formula is C15H26FN3. The van der Waals surface area contributed by atoms with Crippen LogP contribution in [0.3, 0.4) is 0 Å². The molecule has 0 aliphatic rings. The van der Waals surface area contributed by atoms with Crippen LogP contribution in [-0.4, -0.2) is 24.6 Å². The molecule has 1 aromatic rings.